The molecule has 0 saturated carbocycles. The van der Waals surface area contributed by atoms with E-state index in [2.05, 4.69) is 16.0 Å². The number of hydrogen-bond donors (Lipinski definition) is 3. The molecule has 0 spiro atoms. The van der Waals surface area contributed by atoms with Crippen molar-refractivity contribution in [3.05, 3.63) is 166 Å². The van der Waals surface area contributed by atoms with Crippen molar-refractivity contribution < 1.29 is 18.8 Å². The van der Waals surface area contributed by atoms with E-state index in [1.165, 1.54) is 42.1 Å². The Balaban J connectivity index is 1.39. The summed E-state index contributed by atoms with van der Waals surface area (Å²) in [6, 6.07) is 35.2. The molecule has 0 heterocycles. The summed E-state index contributed by atoms with van der Waals surface area (Å²) >= 11 is 14.0. The van der Waals surface area contributed by atoms with Crippen LogP contribution >= 0.6 is 35.0 Å². The monoisotopic (exact) mass is 669 g/mol. The predicted molar refractivity (Wildman–Crippen MR) is 183 cm³/mol. The van der Waals surface area contributed by atoms with Crippen LogP contribution in [-0.2, 0) is 9.59 Å². The third-order valence-electron chi connectivity index (χ3n) is 6.62. The van der Waals surface area contributed by atoms with E-state index in [0.717, 1.165) is 5.56 Å². The van der Waals surface area contributed by atoms with Crippen LogP contribution in [0.25, 0.3) is 6.08 Å². The molecule has 0 radical (unpaired) electrons. The Morgan fingerprint density at radius 1 is 0.696 bits per heavy atom. The normalized spacial score (nSPS) is 11.8. The fraction of sp³-hybridized carbons (Fsp3) is 0.0278. The smallest absolute Gasteiger partial charge is 0.272 e. The van der Waals surface area contributed by atoms with Crippen LogP contribution in [0.4, 0.5) is 15.8 Å². The van der Waals surface area contributed by atoms with Crippen molar-refractivity contribution in [3.8, 4) is 0 Å². The molecule has 0 aliphatic heterocycles. The highest BCUT2D eigenvalue weighted by Crippen LogP contribution is 2.37. The maximum absolute atomic E-state index is 13.6. The average Bonchev–Trinajstić information content (AvgIpc) is 3.06. The number of rotatable bonds is 10. The van der Waals surface area contributed by atoms with Gasteiger partial charge in [0.25, 0.3) is 11.8 Å². The van der Waals surface area contributed by atoms with Gasteiger partial charge >= 0.3 is 0 Å². The van der Waals surface area contributed by atoms with Gasteiger partial charge in [-0.1, -0.05) is 83.9 Å². The van der Waals surface area contributed by atoms with Gasteiger partial charge in [0.05, 0.1) is 0 Å². The van der Waals surface area contributed by atoms with Gasteiger partial charge in [0, 0.05) is 37.4 Å². The van der Waals surface area contributed by atoms with Gasteiger partial charge in [0.15, 0.2) is 0 Å². The highest BCUT2D eigenvalue weighted by Gasteiger charge is 2.23. The first-order valence-corrected chi connectivity index (χ1v) is 15.6. The zero-order valence-corrected chi connectivity index (χ0v) is 26.4. The van der Waals surface area contributed by atoms with Crippen molar-refractivity contribution in [3.63, 3.8) is 0 Å². The van der Waals surface area contributed by atoms with E-state index in [9.17, 15) is 18.8 Å². The number of halogens is 3. The zero-order valence-electron chi connectivity index (χ0n) is 24.0. The lowest BCUT2D eigenvalue weighted by Crippen LogP contribution is -2.30. The Kier molecular flexibility index (Phi) is 10.9. The summed E-state index contributed by atoms with van der Waals surface area (Å²) in [4.78, 5) is 40.8. The summed E-state index contributed by atoms with van der Waals surface area (Å²) in [5, 5.41) is 8.29. The van der Waals surface area contributed by atoms with Gasteiger partial charge in [0.1, 0.15) is 16.8 Å². The second kappa shape index (κ2) is 15.4. The minimum atomic E-state index is -0.666. The van der Waals surface area contributed by atoms with E-state index in [-0.39, 0.29) is 11.6 Å². The van der Waals surface area contributed by atoms with Crippen LogP contribution in [0, 0.1) is 5.82 Å². The van der Waals surface area contributed by atoms with Gasteiger partial charge in [-0.3, -0.25) is 14.4 Å². The number of benzene rings is 5. The maximum atomic E-state index is 13.6. The molecule has 3 amide bonds. The number of thioether (sulfide) groups is 1. The van der Waals surface area contributed by atoms with Crippen molar-refractivity contribution in [2.45, 2.75) is 10.1 Å². The van der Waals surface area contributed by atoms with Gasteiger partial charge in [-0.15, -0.1) is 11.8 Å². The van der Waals surface area contributed by atoms with Crippen molar-refractivity contribution in [1.82, 2.24) is 5.32 Å². The number of amides is 3. The molecule has 0 aromatic heterocycles. The number of nitrogens with one attached hydrogen (secondary N) is 3. The first-order valence-electron chi connectivity index (χ1n) is 14.0. The van der Waals surface area contributed by atoms with Gasteiger partial charge < -0.3 is 16.0 Å². The average molecular weight is 671 g/mol. The maximum Gasteiger partial charge on any atom is 0.272 e. The van der Waals surface area contributed by atoms with Crippen LogP contribution in [-0.4, -0.2) is 17.7 Å². The van der Waals surface area contributed by atoms with Crippen LogP contribution in [0.3, 0.4) is 0 Å². The van der Waals surface area contributed by atoms with Gasteiger partial charge in [-0.05, 0) is 78.4 Å². The van der Waals surface area contributed by atoms with Crippen LogP contribution < -0.4 is 16.0 Å². The Morgan fingerprint density at radius 3 is 2.00 bits per heavy atom. The van der Waals surface area contributed by atoms with Gasteiger partial charge in [-0.25, -0.2) is 4.39 Å². The number of hydrogen-bond acceptors (Lipinski definition) is 4. The number of carbonyl (C=O) groups is 3. The molecule has 1 unspecified atom stereocenters. The van der Waals surface area contributed by atoms with Crippen LogP contribution in [0.5, 0.6) is 0 Å². The molecule has 3 N–H and O–H groups in total. The van der Waals surface area contributed by atoms with E-state index in [4.69, 9.17) is 23.2 Å². The first-order chi connectivity index (χ1) is 22.3. The molecule has 230 valence electrons. The van der Waals surface area contributed by atoms with Crippen molar-refractivity contribution >= 4 is 70.1 Å². The molecule has 46 heavy (non-hydrogen) atoms. The molecule has 0 bridgehead atoms. The van der Waals surface area contributed by atoms with Crippen LogP contribution in [0.15, 0.2) is 138 Å². The third kappa shape index (κ3) is 8.63. The molecule has 5 aromatic carbocycles. The minimum Gasteiger partial charge on any atom is -0.325 e. The SMILES string of the molecule is O=C(Nc1cccc(SC(C(=O)Nc2ccc(F)cc2)c2ccccc2)c1)/C(=C\c1c(Cl)cccc1Cl)NC(=O)c1ccccc1. The molecule has 0 aliphatic rings. The Labute approximate surface area is 279 Å². The molecular weight excluding hydrogens is 644 g/mol. The summed E-state index contributed by atoms with van der Waals surface area (Å²) in [5.41, 5.74) is 2.28. The van der Waals surface area contributed by atoms with Crippen LogP contribution in [0.2, 0.25) is 10.0 Å². The zero-order chi connectivity index (χ0) is 32.5. The van der Waals surface area contributed by atoms with Gasteiger partial charge in [0.2, 0.25) is 5.91 Å². The molecule has 0 aliphatic carbocycles. The lowest BCUT2D eigenvalue weighted by atomic mass is 10.1. The van der Waals surface area contributed by atoms with E-state index < -0.39 is 22.9 Å². The van der Waals surface area contributed by atoms with E-state index in [1.807, 2.05) is 36.4 Å². The molecule has 5 aromatic rings. The predicted octanol–water partition coefficient (Wildman–Crippen LogP) is 9.01. The molecule has 1 atom stereocenters. The summed E-state index contributed by atoms with van der Waals surface area (Å²) in [7, 11) is 0. The molecule has 0 fully saturated rings. The standard InChI is InChI=1S/C36H26Cl2FN3O3S/c37-30-15-8-16-31(38)29(30)22-32(42-34(43)24-11-5-2-6-12-24)35(44)41-27-13-7-14-28(21-27)46-33(23-9-3-1-4-10-23)36(45)40-26-19-17-25(39)18-20-26/h1-22,33H,(H,40,45)(H,41,44)(H,42,43)/b32-22+. The topological polar surface area (TPSA) is 87.3 Å². The molecular formula is C36H26Cl2FN3O3S. The largest absolute Gasteiger partial charge is 0.325 e. The van der Waals surface area contributed by atoms with Crippen molar-refractivity contribution in [2.24, 2.45) is 0 Å². The summed E-state index contributed by atoms with van der Waals surface area (Å²) in [6.07, 6.45) is 1.42. The summed E-state index contributed by atoms with van der Waals surface area (Å²) in [6.45, 7) is 0. The minimum absolute atomic E-state index is 0.0808. The number of anilines is 2. The molecule has 5 rings (SSSR count). The highest BCUT2D eigenvalue weighted by molar-refractivity contribution is 8.00. The fourth-order valence-corrected chi connectivity index (χ4v) is 5.95. The molecule has 0 saturated heterocycles. The Bertz CT molecular complexity index is 1870. The summed E-state index contributed by atoms with van der Waals surface area (Å²) in [5.74, 6) is -1.82. The van der Waals surface area contributed by atoms with E-state index in [1.54, 1.807) is 66.7 Å². The molecule has 6 nitrogen and oxygen atoms in total. The lowest BCUT2D eigenvalue weighted by Gasteiger charge is -2.18. The summed E-state index contributed by atoms with van der Waals surface area (Å²) < 4.78 is 13.4. The second-order valence-corrected chi connectivity index (χ2v) is 11.9. The third-order valence-corrected chi connectivity index (χ3v) is 8.52. The quantitative estimate of drug-likeness (QED) is 0.102. The first kappa shape index (κ1) is 32.5. The lowest BCUT2D eigenvalue weighted by molar-refractivity contribution is -0.116. The second-order valence-electron chi connectivity index (χ2n) is 9.90. The van der Waals surface area contributed by atoms with Crippen molar-refractivity contribution in [2.75, 3.05) is 10.6 Å². The van der Waals surface area contributed by atoms with E-state index in [0.29, 0.717) is 37.4 Å². The van der Waals surface area contributed by atoms with Gasteiger partial charge in [-0.2, -0.15) is 0 Å². The molecule has 10 heteroatoms. The van der Waals surface area contributed by atoms with Crippen molar-refractivity contribution in [1.29, 1.82) is 0 Å². The fourth-order valence-electron chi connectivity index (χ4n) is 4.36. The Hall–Kier alpha value is -4.89. The highest BCUT2D eigenvalue weighted by atomic mass is 35.5. The Morgan fingerprint density at radius 2 is 1.33 bits per heavy atom. The van der Waals surface area contributed by atoms with Crippen LogP contribution in [0.1, 0.15) is 26.7 Å². The number of carbonyl (C=O) groups excluding carboxylic acids is 3. The van der Waals surface area contributed by atoms with E-state index >= 15 is 0 Å².